The Kier molecular flexibility index (Phi) is 7.78. The number of nitrogens with zero attached hydrogens (tertiary/aromatic N) is 1. The highest BCUT2D eigenvalue weighted by Gasteiger charge is 2.38. The number of hydrogen-bond acceptors (Lipinski definition) is 5. The Morgan fingerprint density at radius 1 is 1.06 bits per heavy atom. The molecule has 1 fully saturated rings. The highest BCUT2D eigenvalue weighted by atomic mass is 16.5. The van der Waals surface area contributed by atoms with Gasteiger partial charge in [0.05, 0.1) is 12.1 Å². The van der Waals surface area contributed by atoms with Crippen LogP contribution in [0.5, 0.6) is 0 Å². The molecule has 0 aromatic heterocycles. The van der Waals surface area contributed by atoms with E-state index >= 15 is 0 Å². The van der Waals surface area contributed by atoms with E-state index in [0.717, 1.165) is 11.1 Å². The summed E-state index contributed by atoms with van der Waals surface area (Å²) in [5.41, 5.74) is 1.68. The number of carbonyl (C=O) groups excluding carboxylic acids is 3. The van der Waals surface area contributed by atoms with Gasteiger partial charge in [0, 0.05) is 6.54 Å². The summed E-state index contributed by atoms with van der Waals surface area (Å²) in [7, 11) is 0. The van der Waals surface area contributed by atoms with Gasteiger partial charge in [-0.3, -0.25) is 9.59 Å². The van der Waals surface area contributed by atoms with Crippen LogP contribution in [-0.4, -0.2) is 52.5 Å². The minimum Gasteiger partial charge on any atom is -0.445 e. The Morgan fingerprint density at radius 3 is 2.29 bits per heavy atom. The lowest BCUT2D eigenvalue weighted by atomic mass is 10.00. The fraction of sp³-hybridized carbons (Fsp3) is 0.375. The number of nitrogens with one attached hydrogen (secondary N) is 1. The first kappa shape index (κ1) is 22.5. The summed E-state index contributed by atoms with van der Waals surface area (Å²) in [6, 6.07) is 17.1. The number of rotatable bonds is 8. The van der Waals surface area contributed by atoms with Crippen LogP contribution in [0.1, 0.15) is 30.9 Å². The van der Waals surface area contributed by atoms with Crippen molar-refractivity contribution < 1.29 is 24.2 Å². The summed E-state index contributed by atoms with van der Waals surface area (Å²) in [5.74, 6) is -0.658. The molecule has 0 radical (unpaired) electrons. The van der Waals surface area contributed by atoms with Gasteiger partial charge in [0.25, 0.3) is 5.91 Å². The molecule has 1 aliphatic heterocycles. The molecule has 2 N–H and O–H groups in total. The van der Waals surface area contributed by atoms with Gasteiger partial charge in [0.15, 0.2) is 11.9 Å². The van der Waals surface area contributed by atoms with Crippen molar-refractivity contribution in [3.8, 4) is 0 Å². The summed E-state index contributed by atoms with van der Waals surface area (Å²) < 4.78 is 5.27. The van der Waals surface area contributed by atoms with Gasteiger partial charge in [-0.05, 0) is 37.3 Å². The second-order valence-electron chi connectivity index (χ2n) is 7.75. The predicted molar refractivity (Wildman–Crippen MR) is 115 cm³/mol. The third-order valence-electron chi connectivity index (χ3n) is 5.45. The molecule has 31 heavy (non-hydrogen) atoms. The molecule has 164 valence electrons. The van der Waals surface area contributed by atoms with Crippen molar-refractivity contribution in [3.05, 3.63) is 71.8 Å². The molecule has 0 saturated carbocycles. The molecule has 2 aromatic rings. The maximum absolute atomic E-state index is 13.0. The zero-order valence-corrected chi connectivity index (χ0v) is 17.6. The van der Waals surface area contributed by atoms with Crippen LogP contribution in [0.2, 0.25) is 0 Å². The highest BCUT2D eigenvalue weighted by molar-refractivity contribution is 5.90. The fourth-order valence-corrected chi connectivity index (χ4v) is 3.82. The topological polar surface area (TPSA) is 95.9 Å². The number of Topliss-reactive ketones (excluding diaryl/α,β-unsaturated/α-hetero) is 1. The first-order valence-corrected chi connectivity index (χ1v) is 10.5. The maximum atomic E-state index is 13.0. The van der Waals surface area contributed by atoms with E-state index in [0.29, 0.717) is 19.4 Å². The molecule has 1 unspecified atom stereocenters. The maximum Gasteiger partial charge on any atom is 0.407 e. The van der Waals surface area contributed by atoms with Gasteiger partial charge in [-0.2, -0.15) is 0 Å². The molecule has 0 spiro atoms. The van der Waals surface area contributed by atoms with Crippen molar-refractivity contribution in [3.63, 3.8) is 0 Å². The Bertz CT molecular complexity index is 887. The number of hydrogen-bond donors (Lipinski definition) is 2. The standard InChI is InChI=1S/C24H28N2O5/c1-17(27)21-13-8-14-26(21)23(29)22(28)20(15-18-9-4-2-5-10-18)25-24(30)31-16-19-11-6-3-7-12-19/h2-7,9-12,20-22,28H,8,13-16H2,1H3,(H,25,30)/t20?,21-,22-/m0/s1. The van der Waals surface area contributed by atoms with Crippen molar-refractivity contribution in [1.29, 1.82) is 0 Å². The molecule has 1 saturated heterocycles. The molecule has 0 aliphatic carbocycles. The lowest BCUT2D eigenvalue weighted by Crippen LogP contribution is -2.54. The van der Waals surface area contributed by atoms with Crippen LogP contribution < -0.4 is 5.32 Å². The molecule has 3 rings (SSSR count). The van der Waals surface area contributed by atoms with Crippen molar-refractivity contribution in [1.82, 2.24) is 10.2 Å². The van der Waals surface area contributed by atoms with Gasteiger partial charge in [-0.25, -0.2) is 4.79 Å². The van der Waals surface area contributed by atoms with Crippen molar-refractivity contribution >= 4 is 17.8 Å². The number of ether oxygens (including phenoxy) is 1. The van der Waals surface area contributed by atoms with Gasteiger partial charge < -0.3 is 20.1 Å². The average Bonchev–Trinajstić information content (AvgIpc) is 3.28. The monoisotopic (exact) mass is 424 g/mol. The molecule has 1 aliphatic rings. The summed E-state index contributed by atoms with van der Waals surface area (Å²) in [6.45, 7) is 1.94. The zero-order valence-electron chi connectivity index (χ0n) is 17.6. The van der Waals surface area contributed by atoms with Crippen LogP contribution in [0.3, 0.4) is 0 Å². The molecular formula is C24H28N2O5. The van der Waals surface area contributed by atoms with E-state index in [4.69, 9.17) is 4.74 Å². The van der Waals surface area contributed by atoms with E-state index in [1.165, 1.54) is 11.8 Å². The van der Waals surface area contributed by atoms with E-state index in [-0.39, 0.29) is 18.8 Å². The molecule has 0 bridgehead atoms. The Hall–Kier alpha value is -3.19. The summed E-state index contributed by atoms with van der Waals surface area (Å²) in [4.78, 5) is 38.7. The first-order valence-electron chi connectivity index (χ1n) is 10.5. The van der Waals surface area contributed by atoms with Crippen molar-refractivity contribution in [2.75, 3.05) is 6.54 Å². The third-order valence-corrected chi connectivity index (χ3v) is 5.45. The minimum atomic E-state index is -1.50. The Labute approximate surface area is 182 Å². The van der Waals surface area contributed by atoms with Crippen LogP contribution >= 0.6 is 0 Å². The van der Waals surface area contributed by atoms with Crippen molar-refractivity contribution in [2.24, 2.45) is 0 Å². The molecule has 1 heterocycles. The summed E-state index contributed by atoms with van der Waals surface area (Å²) in [6.07, 6.45) is -0.680. The molecule has 2 aromatic carbocycles. The molecule has 3 atom stereocenters. The third kappa shape index (κ3) is 6.15. The van der Waals surface area contributed by atoms with Gasteiger partial charge in [-0.1, -0.05) is 60.7 Å². The van der Waals surface area contributed by atoms with Crippen LogP contribution in [0.4, 0.5) is 4.79 Å². The van der Waals surface area contributed by atoms with Gasteiger partial charge in [0.2, 0.25) is 0 Å². The lowest BCUT2D eigenvalue weighted by Gasteiger charge is -2.29. The second kappa shape index (κ2) is 10.7. The quantitative estimate of drug-likeness (QED) is 0.679. The largest absolute Gasteiger partial charge is 0.445 e. The van der Waals surface area contributed by atoms with Gasteiger partial charge in [0.1, 0.15) is 6.61 Å². The Morgan fingerprint density at radius 2 is 1.68 bits per heavy atom. The van der Waals surface area contributed by atoms with E-state index in [2.05, 4.69) is 5.32 Å². The normalized spacial score (nSPS) is 17.6. The van der Waals surface area contributed by atoms with Crippen LogP contribution in [0.25, 0.3) is 0 Å². The number of carbonyl (C=O) groups is 3. The summed E-state index contributed by atoms with van der Waals surface area (Å²) >= 11 is 0. The molecular weight excluding hydrogens is 396 g/mol. The number of benzene rings is 2. The van der Waals surface area contributed by atoms with E-state index in [1.807, 2.05) is 60.7 Å². The van der Waals surface area contributed by atoms with E-state index in [9.17, 15) is 19.5 Å². The van der Waals surface area contributed by atoms with Gasteiger partial charge in [-0.15, -0.1) is 0 Å². The van der Waals surface area contributed by atoms with Crippen LogP contribution in [0.15, 0.2) is 60.7 Å². The van der Waals surface area contributed by atoms with Crippen LogP contribution in [0, 0.1) is 0 Å². The molecule has 2 amide bonds. The number of amides is 2. The van der Waals surface area contributed by atoms with Crippen molar-refractivity contribution in [2.45, 2.75) is 51.0 Å². The number of aliphatic hydroxyl groups excluding tert-OH is 1. The number of likely N-dealkylation sites (tertiary alicyclic amines) is 1. The summed E-state index contributed by atoms with van der Waals surface area (Å²) in [5, 5.41) is 13.5. The highest BCUT2D eigenvalue weighted by Crippen LogP contribution is 2.20. The number of ketones is 1. The van der Waals surface area contributed by atoms with Crippen LogP contribution in [-0.2, 0) is 27.4 Å². The average molecular weight is 424 g/mol. The van der Waals surface area contributed by atoms with E-state index < -0.39 is 30.2 Å². The minimum absolute atomic E-state index is 0.0767. The lowest BCUT2D eigenvalue weighted by molar-refractivity contribution is -0.145. The second-order valence-corrected chi connectivity index (χ2v) is 7.75. The Balaban J connectivity index is 1.70. The predicted octanol–water partition coefficient (Wildman–Crippen LogP) is 2.46. The molecule has 7 nitrogen and oxygen atoms in total. The zero-order chi connectivity index (χ0) is 22.2. The fourth-order valence-electron chi connectivity index (χ4n) is 3.82. The smallest absolute Gasteiger partial charge is 0.407 e. The van der Waals surface area contributed by atoms with E-state index in [1.54, 1.807) is 0 Å². The first-order chi connectivity index (χ1) is 15.0. The number of aliphatic hydroxyl groups is 1. The SMILES string of the molecule is CC(=O)[C@@H]1CCCN1C(=O)[C@@H](O)C(Cc1ccccc1)NC(=O)OCc1ccccc1. The van der Waals surface area contributed by atoms with Gasteiger partial charge >= 0.3 is 6.09 Å². The molecule has 7 heteroatoms. The number of alkyl carbamates (subject to hydrolysis) is 1.